The highest BCUT2D eigenvalue weighted by atomic mass is 16.2. The molecule has 0 spiro atoms. The molecule has 1 aliphatic heterocycles. The van der Waals surface area contributed by atoms with E-state index in [1.165, 1.54) is 0 Å². The quantitative estimate of drug-likeness (QED) is 0.696. The van der Waals surface area contributed by atoms with Gasteiger partial charge in [-0.2, -0.15) is 4.98 Å². The number of aromatic nitrogens is 3. The molecule has 1 aliphatic rings. The molecule has 0 saturated carbocycles. The number of hydrogen-bond donors (Lipinski definition) is 3. The van der Waals surface area contributed by atoms with Crippen LogP contribution in [0.25, 0.3) is 0 Å². The van der Waals surface area contributed by atoms with Gasteiger partial charge in [-0.15, -0.1) is 5.10 Å². The minimum Gasteiger partial charge on any atom is -0.367 e. The molecule has 7 nitrogen and oxygen atoms in total. The predicted molar refractivity (Wildman–Crippen MR) is 77.0 cm³/mol. The third-order valence-electron chi connectivity index (χ3n) is 3.66. The first-order valence-corrected chi connectivity index (χ1v) is 7.37. The first kappa shape index (κ1) is 14.8. The summed E-state index contributed by atoms with van der Waals surface area (Å²) in [5.41, 5.74) is 5.45. The maximum Gasteiger partial charge on any atom is 0.239 e. The lowest BCUT2D eigenvalue weighted by molar-refractivity contribution is -0.132. The zero-order chi connectivity index (χ0) is 14.4. The fraction of sp³-hybridized carbons (Fsp3) is 0.769. The summed E-state index contributed by atoms with van der Waals surface area (Å²) < 4.78 is 0. The number of nitrogens with one attached hydrogen (secondary N) is 2. The molecule has 4 N–H and O–H groups in total. The van der Waals surface area contributed by atoms with Gasteiger partial charge in [-0.05, 0) is 19.3 Å². The van der Waals surface area contributed by atoms with Gasteiger partial charge < -0.3 is 16.0 Å². The number of H-pyrrole nitrogens is 1. The molecule has 1 saturated heterocycles. The van der Waals surface area contributed by atoms with E-state index in [1.807, 2.05) is 11.8 Å². The van der Waals surface area contributed by atoms with Gasteiger partial charge in [0, 0.05) is 38.5 Å². The van der Waals surface area contributed by atoms with Crippen LogP contribution in [0.1, 0.15) is 38.4 Å². The Labute approximate surface area is 119 Å². The number of nitrogens with two attached hydrogens (primary N) is 1. The van der Waals surface area contributed by atoms with Crippen LogP contribution in [0.15, 0.2) is 0 Å². The molecule has 2 heterocycles. The van der Waals surface area contributed by atoms with E-state index >= 15 is 0 Å². The monoisotopic (exact) mass is 280 g/mol. The molecule has 112 valence electrons. The molecular formula is C13H24N6O. The summed E-state index contributed by atoms with van der Waals surface area (Å²) in [5.74, 6) is 1.40. The van der Waals surface area contributed by atoms with E-state index in [4.69, 9.17) is 5.73 Å². The van der Waals surface area contributed by atoms with Crippen LogP contribution in [0.5, 0.6) is 0 Å². The normalized spacial score (nSPS) is 16.6. The summed E-state index contributed by atoms with van der Waals surface area (Å²) in [7, 11) is 0. The number of aromatic amines is 1. The van der Waals surface area contributed by atoms with Crippen LogP contribution in [-0.2, 0) is 11.2 Å². The average Bonchev–Trinajstić information content (AvgIpc) is 2.85. The number of amides is 1. The van der Waals surface area contributed by atoms with E-state index < -0.39 is 0 Å². The largest absolute Gasteiger partial charge is 0.367 e. The Kier molecular flexibility index (Phi) is 5.34. The Bertz CT molecular complexity index is 424. The van der Waals surface area contributed by atoms with Crippen molar-refractivity contribution < 1.29 is 4.79 Å². The maximum absolute atomic E-state index is 11.8. The van der Waals surface area contributed by atoms with Crippen molar-refractivity contribution in [1.82, 2.24) is 25.4 Å². The van der Waals surface area contributed by atoms with Crippen LogP contribution in [-0.4, -0.2) is 51.7 Å². The smallest absolute Gasteiger partial charge is 0.239 e. The second-order valence-electron chi connectivity index (χ2n) is 5.25. The molecule has 0 bridgehead atoms. The molecule has 7 heteroatoms. The first-order chi connectivity index (χ1) is 9.69. The van der Waals surface area contributed by atoms with E-state index in [9.17, 15) is 4.79 Å². The minimum atomic E-state index is 0.294. The van der Waals surface area contributed by atoms with E-state index in [0.29, 0.717) is 24.3 Å². The number of carbonyl (C=O) groups is 1. The number of nitrogens with zero attached hydrogens (tertiary/aromatic N) is 3. The van der Waals surface area contributed by atoms with Crippen molar-refractivity contribution in [2.24, 2.45) is 0 Å². The summed E-state index contributed by atoms with van der Waals surface area (Å²) in [6, 6.07) is 0.487. The topological polar surface area (TPSA) is 99.9 Å². The second kappa shape index (κ2) is 7.23. The van der Waals surface area contributed by atoms with Crippen LogP contribution in [0.4, 0.5) is 5.95 Å². The lowest BCUT2D eigenvalue weighted by Gasteiger charge is -2.32. The molecule has 1 amide bonds. The van der Waals surface area contributed by atoms with E-state index in [1.54, 1.807) is 0 Å². The van der Waals surface area contributed by atoms with Gasteiger partial charge in [-0.3, -0.25) is 9.89 Å². The zero-order valence-corrected chi connectivity index (χ0v) is 12.1. The summed E-state index contributed by atoms with van der Waals surface area (Å²) in [6.45, 7) is 4.63. The molecule has 0 radical (unpaired) electrons. The summed E-state index contributed by atoms with van der Waals surface area (Å²) >= 11 is 0. The fourth-order valence-corrected chi connectivity index (χ4v) is 2.52. The van der Waals surface area contributed by atoms with Crippen molar-refractivity contribution in [1.29, 1.82) is 0 Å². The van der Waals surface area contributed by atoms with Crippen molar-refractivity contribution in [3.8, 4) is 0 Å². The van der Waals surface area contributed by atoms with Gasteiger partial charge >= 0.3 is 0 Å². The molecule has 1 aromatic heterocycles. The van der Waals surface area contributed by atoms with Gasteiger partial charge in [0.2, 0.25) is 11.9 Å². The van der Waals surface area contributed by atoms with Gasteiger partial charge in [0.25, 0.3) is 0 Å². The van der Waals surface area contributed by atoms with Crippen molar-refractivity contribution in [3.63, 3.8) is 0 Å². The Morgan fingerprint density at radius 1 is 1.50 bits per heavy atom. The number of nitrogen functional groups attached to an aromatic ring is 1. The van der Waals surface area contributed by atoms with Crippen LogP contribution in [0.2, 0.25) is 0 Å². The Balaban J connectivity index is 1.63. The fourth-order valence-electron chi connectivity index (χ4n) is 2.52. The van der Waals surface area contributed by atoms with Gasteiger partial charge in [-0.1, -0.05) is 6.92 Å². The number of likely N-dealkylation sites (tertiary alicyclic amines) is 1. The summed E-state index contributed by atoms with van der Waals surface area (Å²) in [6.07, 6.45) is 4.43. The third-order valence-corrected chi connectivity index (χ3v) is 3.66. The van der Waals surface area contributed by atoms with E-state index in [-0.39, 0.29) is 0 Å². The molecule has 0 unspecified atom stereocenters. The lowest BCUT2D eigenvalue weighted by atomic mass is 10.0. The molecule has 1 fully saturated rings. The second-order valence-corrected chi connectivity index (χ2v) is 5.25. The minimum absolute atomic E-state index is 0.294. The van der Waals surface area contributed by atoms with Crippen LogP contribution < -0.4 is 11.1 Å². The molecular weight excluding hydrogens is 256 g/mol. The standard InChI is InChI=1S/C13H24N6O/c1-2-3-12(20)19-8-5-10(6-9-19)15-7-4-11-16-13(14)18-17-11/h10,15H,2-9H2,1H3,(H3,14,16,17,18). The number of carbonyl (C=O) groups excluding carboxylic acids is 1. The van der Waals surface area contributed by atoms with E-state index in [0.717, 1.165) is 51.1 Å². The van der Waals surface area contributed by atoms with Crippen LogP contribution >= 0.6 is 0 Å². The third kappa shape index (κ3) is 4.19. The van der Waals surface area contributed by atoms with Gasteiger partial charge in [-0.25, -0.2) is 0 Å². The van der Waals surface area contributed by atoms with Gasteiger partial charge in [0.05, 0.1) is 0 Å². The summed E-state index contributed by atoms with van der Waals surface area (Å²) in [5, 5.41) is 10.1. The van der Waals surface area contributed by atoms with Crippen molar-refractivity contribution >= 4 is 11.9 Å². The van der Waals surface area contributed by atoms with Crippen LogP contribution in [0, 0.1) is 0 Å². The number of piperidine rings is 1. The predicted octanol–water partition coefficient (Wildman–Crippen LogP) is 0.310. The van der Waals surface area contributed by atoms with Gasteiger partial charge in [0.15, 0.2) is 0 Å². The van der Waals surface area contributed by atoms with Crippen LogP contribution in [0.3, 0.4) is 0 Å². The summed E-state index contributed by atoms with van der Waals surface area (Å²) in [4.78, 5) is 17.8. The Morgan fingerprint density at radius 3 is 2.85 bits per heavy atom. The highest BCUT2D eigenvalue weighted by Crippen LogP contribution is 2.12. The first-order valence-electron chi connectivity index (χ1n) is 7.37. The molecule has 0 aromatic carbocycles. The molecule has 2 rings (SSSR count). The van der Waals surface area contributed by atoms with Crippen molar-refractivity contribution in [2.45, 2.75) is 45.1 Å². The number of hydrogen-bond acceptors (Lipinski definition) is 5. The SMILES string of the molecule is CCCC(=O)N1CCC(NCCc2nc(N)n[nH]2)CC1. The Morgan fingerprint density at radius 2 is 2.25 bits per heavy atom. The number of rotatable bonds is 6. The van der Waals surface area contributed by atoms with E-state index in [2.05, 4.69) is 20.5 Å². The maximum atomic E-state index is 11.8. The zero-order valence-electron chi connectivity index (χ0n) is 12.1. The molecule has 0 aliphatic carbocycles. The molecule has 1 aromatic rings. The highest BCUT2D eigenvalue weighted by molar-refractivity contribution is 5.76. The average molecular weight is 280 g/mol. The Hall–Kier alpha value is -1.63. The van der Waals surface area contributed by atoms with Crippen molar-refractivity contribution in [3.05, 3.63) is 5.82 Å². The highest BCUT2D eigenvalue weighted by Gasteiger charge is 2.21. The molecule has 0 atom stereocenters. The number of anilines is 1. The molecule has 20 heavy (non-hydrogen) atoms. The van der Waals surface area contributed by atoms with Crippen molar-refractivity contribution in [2.75, 3.05) is 25.4 Å². The lowest BCUT2D eigenvalue weighted by Crippen LogP contribution is -2.45. The van der Waals surface area contributed by atoms with Gasteiger partial charge in [0.1, 0.15) is 5.82 Å².